The number of rotatable bonds is 7. The number of esters is 2. The summed E-state index contributed by atoms with van der Waals surface area (Å²) in [5.41, 5.74) is 4.97. The number of nitrogens with zero attached hydrogens (tertiary/aromatic N) is 3. The number of pyridine rings is 1. The van der Waals surface area contributed by atoms with Gasteiger partial charge >= 0.3 is 11.9 Å². The smallest absolute Gasteiger partial charge is 0.336 e. The number of aliphatic imine (C=N–C) groups is 1. The number of carbonyl (C=O) groups is 2. The van der Waals surface area contributed by atoms with Crippen LogP contribution in [0.5, 0.6) is 0 Å². The minimum atomic E-state index is -0.751. The summed E-state index contributed by atoms with van der Waals surface area (Å²) in [5.74, 6) is -2.26. The van der Waals surface area contributed by atoms with Crippen LogP contribution in [0.4, 0.5) is 0 Å². The summed E-state index contributed by atoms with van der Waals surface area (Å²) < 4.78 is 10.8. The van der Waals surface area contributed by atoms with Crippen LogP contribution in [0.1, 0.15) is 39.2 Å². The highest BCUT2D eigenvalue weighted by Gasteiger charge is 2.43. The fourth-order valence-corrected chi connectivity index (χ4v) is 5.28. The number of ether oxygens (including phenoxy) is 2. The predicted octanol–water partition coefficient (Wildman–Crippen LogP) is 5.45. The van der Waals surface area contributed by atoms with Crippen LogP contribution in [0.2, 0.25) is 0 Å². The van der Waals surface area contributed by atoms with Crippen molar-refractivity contribution in [2.24, 2.45) is 10.9 Å². The van der Waals surface area contributed by atoms with Crippen molar-refractivity contribution in [3.63, 3.8) is 0 Å². The molecule has 1 aliphatic heterocycles. The van der Waals surface area contributed by atoms with Gasteiger partial charge in [-0.15, -0.1) is 11.3 Å². The number of hydrogen-bond acceptors (Lipinski definition) is 8. The second-order valence-corrected chi connectivity index (χ2v) is 8.90. The van der Waals surface area contributed by atoms with Crippen molar-refractivity contribution in [1.82, 2.24) is 9.97 Å². The molecule has 35 heavy (non-hydrogen) atoms. The first-order valence-electron chi connectivity index (χ1n) is 11.5. The van der Waals surface area contributed by atoms with Crippen molar-refractivity contribution in [3.8, 4) is 21.8 Å². The van der Waals surface area contributed by atoms with Gasteiger partial charge < -0.3 is 9.47 Å². The van der Waals surface area contributed by atoms with E-state index in [2.05, 4.69) is 9.98 Å². The minimum Gasteiger partial charge on any atom is -0.465 e. The van der Waals surface area contributed by atoms with E-state index in [1.807, 2.05) is 41.8 Å². The Morgan fingerprint density at radius 2 is 1.71 bits per heavy atom. The minimum absolute atomic E-state index is 0.221. The molecule has 0 amide bonds. The lowest BCUT2D eigenvalue weighted by atomic mass is 9.74. The van der Waals surface area contributed by atoms with Crippen LogP contribution in [0, 0.1) is 5.92 Å². The van der Waals surface area contributed by atoms with Crippen LogP contribution in [0.3, 0.4) is 0 Å². The molecular formula is C27H27N3O4S. The first-order chi connectivity index (χ1) is 17.0. The number of thiazole rings is 1. The molecule has 8 heteroatoms. The molecule has 0 radical (unpaired) electrons. The fourth-order valence-electron chi connectivity index (χ4n) is 4.40. The van der Waals surface area contributed by atoms with Crippen molar-refractivity contribution in [2.45, 2.75) is 33.6 Å². The third-order valence-corrected chi connectivity index (χ3v) is 6.75. The van der Waals surface area contributed by atoms with E-state index in [9.17, 15) is 9.59 Å². The molecule has 0 aliphatic carbocycles. The molecule has 2 atom stereocenters. The lowest BCUT2D eigenvalue weighted by Gasteiger charge is -2.32. The van der Waals surface area contributed by atoms with E-state index >= 15 is 0 Å². The molecule has 2 unspecified atom stereocenters. The molecule has 0 saturated carbocycles. The molecule has 4 rings (SSSR count). The van der Waals surface area contributed by atoms with Crippen LogP contribution >= 0.6 is 11.3 Å². The SMILES string of the molecule is CCOC(=O)C1=C(C)N=C(C)C(C(=O)OCC)C1c1ccccc1-c1nc(-c2ccncc2)cs1. The molecule has 0 bridgehead atoms. The van der Waals surface area contributed by atoms with Crippen molar-refractivity contribution in [1.29, 1.82) is 0 Å². The zero-order chi connectivity index (χ0) is 24.9. The van der Waals surface area contributed by atoms with Crippen molar-refractivity contribution >= 4 is 29.0 Å². The van der Waals surface area contributed by atoms with Crippen molar-refractivity contribution < 1.29 is 19.1 Å². The topological polar surface area (TPSA) is 90.7 Å². The van der Waals surface area contributed by atoms with E-state index in [0.717, 1.165) is 27.4 Å². The van der Waals surface area contributed by atoms with Gasteiger partial charge in [-0.05, 0) is 45.4 Å². The maximum atomic E-state index is 13.2. The van der Waals surface area contributed by atoms with Gasteiger partial charge in [0.2, 0.25) is 0 Å². The first-order valence-corrected chi connectivity index (χ1v) is 12.4. The van der Waals surface area contributed by atoms with Gasteiger partial charge in [-0.25, -0.2) is 9.78 Å². The summed E-state index contributed by atoms with van der Waals surface area (Å²) in [6.07, 6.45) is 3.46. The molecular weight excluding hydrogens is 462 g/mol. The normalized spacial score (nSPS) is 17.7. The Morgan fingerprint density at radius 3 is 2.43 bits per heavy atom. The van der Waals surface area contributed by atoms with Gasteiger partial charge in [0.25, 0.3) is 0 Å². The van der Waals surface area contributed by atoms with Crippen LogP contribution in [0.15, 0.2) is 70.4 Å². The summed E-state index contributed by atoms with van der Waals surface area (Å²) in [5, 5.41) is 2.78. The van der Waals surface area contributed by atoms with Crippen molar-refractivity contribution in [2.75, 3.05) is 13.2 Å². The number of carbonyl (C=O) groups excluding carboxylic acids is 2. The molecule has 0 spiro atoms. The Morgan fingerprint density at radius 1 is 1.00 bits per heavy atom. The summed E-state index contributed by atoms with van der Waals surface area (Å²) in [7, 11) is 0. The van der Waals surface area contributed by atoms with Crippen LogP contribution < -0.4 is 0 Å². The summed E-state index contributed by atoms with van der Waals surface area (Å²) in [6, 6.07) is 11.5. The molecule has 7 nitrogen and oxygen atoms in total. The first kappa shape index (κ1) is 24.5. The van der Waals surface area contributed by atoms with Gasteiger partial charge in [0.15, 0.2) is 0 Å². The highest BCUT2D eigenvalue weighted by molar-refractivity contribution is 7.13. The summed E-state index contributed by atoms with van der Waals surface area (Å²) in [4.78, 5) is 39.8. The second-order valence-electron chi connectivity index (χ2n) is 8.04. The predicted molar refractivity (Wildman–Crippen MR) is 136 cm³/mol. The van der Waals surface area contributed by atoms with Crippen LogP contribution in [-0.2, 0) is 19.1 Å². The van der Waals surface area contributed by atoms with E-state index in [0.29, 0.717) is 17.0 Å². The number of allylic oxidation sites excluding steroid dienone is 1. The average Bonchev–Trinajstić information content (AvgIpc) is 3.34. The number of aromatic nitrogens is 2. The Hall–Kier alpha value is -3.65. The highest BCUT2D eigenvalue weighted by atomic mass is 32.1. The molecule has 3 heterocycles. The molecule has 1 aliphatic rings. The quantitative estimate of drug-likeness (QED) is 0.410. The summed E-state index contributed by atoms with van der Waals surface area (Å²) >= 11 is 1.51. The molecule has 1 aromatic carbocycles. The largest absolute Gasteiger partial charge is 0.465 e. The zero-order valence-electron chi connectivity index (χ0n) is 20.1. The monoisotopic (exact) mass is 489 g/mol. The third kappa shape index (κ3) is 4.93. The van der Waals surface area contributed by atoms with Gasteiger partial charge in [0.1, 0.15) is 10.9 Å². The van der Waals surface area contributed by atoms with Gasteiger partial charge in [-0.1, -0.05) is 24.3 Å². The van der Waals surface area contributed by atoms with Gasteiger partial charge in [0, 0.05) is 46.2 Å². The van der Waals surface area contributed by atoms with E-state index in [4.69, 9.17) is 14.5 Å². The number of benzene rings is 1. The Balaban J connectivity index is 1.88. The number of hydrogen-bond donors (Lipinski definition) is 0. The van der Waals surface area contributed by atoms with E-state index in [1.165, 1.54) is 11.3 Å². The van der Waals surface area contributed by atoms with Crippen LogP contribution in [-0.4, -0.2) is 40.8 Å². The van der Waals surface area contributed by atoms with E-state index in [-0.39, 0.29) is 13.2 Å². The maximum absolute atomic E-state index is 13.2. The Bertz CT molecular complexity index is 1300. The van der Waals surface area contributed by atoms with Crippen molar-refractivity contribution in [3.05, 3.63) is 71.0 Å². The van der Waals surface area contributed by atoms with Gasteiger partial charge in [-0.3, -0.25) is 14.8 Å². The molecule has 0 saturated heterocycles. The molecule has 2 aromatic heterocycles. The van der Waals surface area contributed by atoms with E-state index in [1.54, 1.807) is 40.1 Å². The lowest BCUT2D eigenvalue weighted by molar-refractivity contribution is -0.146. The Kier molecular flexibility index (Phi) is 7.51. The average molecular weight is 490 g/mol. The lowest BCUT2D eigenvalue weighted by Crippen LogP contribution is -2.36. The molecule has 180 valence electrons. The van der Waals surface area contributed by atoms with Gasteiger partial charge in [-0.2, -0.15) is 0 Å². The Labute approximate surface area is 208 Å². The van der Waals surface area contributed by atoms with Crippen LogP contribution in [0.25, 0.3) is 21.8 Å². The fraction of sp³-hybridized carbons (Fsp3) is 0.296. The van der Waals surface area contributed by atoms with Gasteiger partial charge in [0.05, 0.1) is 24.5 Å². The summed E-state index contributed by atoms with van der Waals surface area (Å²) in [6.45, 7) is 7.55. The third-order valence-electron chi connectivity index (χ3n) is 5.87. The molecule has 0 N–H and O–H groups in total. The second kappa shape index (κ2) is 10.7. The maximum Gasteiger partial charge on any atom is 0.336 e. The standard InChI is InChI=1S/C27H27N3O4S/c1-5-33-26(31)22-16(3)29-17(4)23(27(32)34-6-2)24(22)19-9-7-8-10-20(19)25-30-21(15-35-25)18-11-13-28-14-12-18/h7-15,22,24H,5-6H2,1-4H3. The molecule has 0 fully saturated rings. The highest BCUT2D eigenvalue weighted by Crippen LogP contribution is 2.44. The zero-order valence-corrected chi connectivity index (χ0v) is 21.0. The van der Waals surface area contributed by atoms with E-state index < -0.39 is 23.8 Å². The molecule has 3 aromatic rings.